The molecule has 0 bridgehead atoms. The number of halogens is 1. The first kappa shape index (κ1) is 17.8. The van der Waals surface area contributed by atoms with E-state index in [1.807, 2.05) is 6.07 Å². The quantitative estimate of drug-likeness (QED) is 0.720. The molecule has 1 N–H and O–H groups in total. The van der Waals surface area contributed by atoms with Crippen LogP contribution in [0.2, 0.25) is 0 Å². The van der Waals surface area contributed by atoms with Gasteiger partial charge in [-0.2, -0.15) is 9.37 Å². The monoisotopic (exact) mass is 390 g/mol. The summed E-state index contributed by atoms with van der Waals surface area (Å²) in [4.78, 5) is 21.7. The lowest BCUT2D eigenvalue weighted by atomic mass is 10.2. The predicted octanol–water partition coefficient (Wildman–Crippen LogP) is 2.33. The lowest BCUT2D eigenvalue weighted by Crippen LogP contribution is -2.28. The molecule has 10 heteroatoms. The van der Waals surface area contributed by atoms with E-state index in [0.717, 1.165) is 23.4 Å². The van der Waals surface area contributed by atoms with Gasteiger partial charge in [-0.1, -0.05) is 11.3 Å². The first-order valence-corrected chi connectivity index (χ1v) is 9.43. The highest BCUT2D eigenvalue weighted by molar-refractivity contribution is 7.15. The number of carbonyl (C=O) groups is 1. The van der Waals surface area contributed by atoms with Gasteiger partial charge in [0.05, 0.1) is 4.88 Å². The van der Waals surface area contributed by atoms with Gasteiger partial charge in [-0.15, -0.1) is 5.10 Å². The van der Waals surface area contributed by atoms with Crippen molar-refractivity contribution < 1.29 is 13.9 Å². The Morgan fingerprint density at radius 3 is 3.15 bits per heavy atom. The van der Waals surface area contributed by atoms with E-state index in [0.29, 0.717) is 23.8 Å². The highest BCUT2D eigenvalue weighted by Gasteiger charge is 2.32. The van der Waals surface area contributed by atoms with Gasteiger partial charge in [0.2, 0.25) is 17.7 Å². The molecule has 0 aliphatic carbocycles. The van der Waals surface area contributed by atoms with Crippen molar-refractivity contribution in [3.63, 3.8) is 0 Å². The summed E-state index contributed by atoms with van der Waals surface area (Å²) in [5.41, 5.74) is 0.763. The first-order chi connectivity index (χ1) is 13.0. The molecule has 8 nitrogen and oxygen atoms in total. The van der Waals surface area contributed by atoms with Gasteiger partial charge in [0, 0.05) is 50.9 Å². The second kappa shape index (κ2) is 7.20. The highest BCUT2D eigenvalue weighted by atomic mass is 32.1. The van der Waals surface area contributed by atoms with Crippen molar-refractivity contribution in [2.24, 2.45) is 0 Å². The Balaban J connectivity index is 1.40. The molecule has 1 saturated heterocycles. The lowest BCUT2D eigenvalue weighted by molar-refractivity contribution is -0.114. The van der Waals surface area contributed by atoms with Crippen LogP contribution in [0.1, 0.15) is 25.1 Å². The zero-order chi connectivity index (χ0) is 19.0. The summed E-state index contributed by atoms with van der Waals surface area (Å²) in [6.45, 7) is 4.55. The third-order valence-electron chi connectivity index (χ3n) is 4.46. The number of anilines is 1. The third kappa shape index (κ3) is 3.91. The summed E-state index contributed by atoms with van der Waals surface area (Å²) >= 11 is 1.16. The van der Waals surface area contributed by atoms with Gasteiger partial charge in [-0.3, -0.25) is 9.69 Å². The number of amides is 1. The summed E-state index contributed by atoms with van der Waals surface area (Å²) < 4.78 is 21.8. The molecule has 0 spiro atoms. The van der Waals surface area contributed by atoms with E-state index in [1.54, 1.807) is 23.0 Å². The zero-order valence-corrected chi connectivity index (χ0v) is 15.7. The number of nitrogens with one attached hydrogen (secondary N) is 1. The minimum absolute atomic E-state index is 0.0285. The van der Waals surface area contributed by atoms with Gasteiger partial charge in [-0.05, 0) is 13.0 Å². The van der Waals surface area contributed by atoms with Crippen LogP contribution in [-0.2, 0) is 11.3 Å². The number of nitrogens with zero attached hydrogens (tertiary/aromatic N) is 5. The third-order valence-corrected chi connectivity index (χ3v) is 5.39. The number of ether oxygens (including phenoxy) is 1. The van der Waals surface area contributed by atoms with E-state index in [4.69, 9.17) is 4.74 Å². The summed E-state index contributed by atoms with van der Waals surface area (Å²) in [6.07, 6.45) is 4.25. The average Bonchev–Trinajstić information content (AvgIpc) is 3.28. The van der Waals surface area contributed by atoms with Crippen molar-refractivity contribution in [1.82, 2.24) is 24.5 Å². The molecule has 0 radical (unpaired) electrons. The Kier molecular flexibility index (Phi) is 4.75. The number of rotatable bonds is 5. The van der Waals surface area contributed by atoms with E-state index in [9.17, 15) is 9.18 Å². The summed E-state index contributed by atoms with van der Waals surface area (Å²) in [5.74, 6) is -0.260. The topological polar surface area (TPSA) is 84.7 Å². The van der Waals surface area contributed by atoms with Crippen LogP contribution in [-0.4, -0.2) is 49.1 Å². The molecule has 3 aromatic rings. The smallest absolute Gasteiger partial charge is 0.232 e. The summed E-state index contributed by atoms with van der Waals surface area (Å²) in [5, 5.41) is 7.19. The molecule has 27 heavy (non-hydrogen) atoms. The Hall–Kier alpha value is -2.59. The van der Waals surface area contributed by atoms with E-state index < -0.39 is 5.95 Å². The van der Waals surface area contributed by atoms with Crippen molar-refractivity contribution in [3.05, 3.63) is 35.4 Å². The molecule has 0 aromatic carbocycles. The fourth-order valence-corrected chi connectivity index (χ4v) is 4.12. The molecule has 0 saturated carbocycles. The minimum atomic E-state index is -0.535. The number of aromatic nitrogens is 4. The van der Waals surface area contributed by atoms with Crippen molar-refractivity contribution in [2.75, 3.05) is 11.9 Å². The Labute approximate surface area is 159 Å². The standard InChI is InChI=1S/C17H19FN6O2S/c1-10-7-12(26-15-4-3-14-19-5-6-24(14)22-15)8-23(10)9-13-16(18)21-17(27-13)20-11(2)25/h3-6,10,12H,7-9H2,1-2H3,(H,20,21,25). The van der Waals surface area contributed by atoms with Crippen LogP contribution in [0.25, 0.3) is 5.65 Å². The van der Waals surface area contributed by atoms with E-state index in [-0.39, 0.29) is 23.2 Å². The van der Waals surface area contributed by atoms with Gasteiger partial charge in [0.25, 0.3) is 0 Å². The molecule has 2 unspecified atom stereocenters. The lowest BCUT2D eigenvalue weighted by Gasteiger charge is -2.19. The maximum atomic E-state index is 14.1. The van der Waals surface area contributed by atoms with Gasteiger partial charge in [0.15, 0.2) is 10.8 Å². The molecule has 4 rings (SSSR count). The van der Waals surface area contributed by atoms with Crippen molar-refractivity contribution in [1.29, 1.82) is 0 Å². The van der Waals surface area contributed by atoms with E-state index in [2.05, 4.69) is 32.2 Å². The molecule has 1 fully saturated rings. The largest absolute Gasteiger partial charge is 0.472 e. The Morgan fingerprint density at radius 2 is 2.33 bits per heavy atom. The molecule has 1 aliphatic rings. The molecule has 142 valence electrons. The van der Waals surface area contributed by atoms with Crippen LogP contribution < -0.4 is 10.1 Å². The van der Waals surface area contributed by atoms with Gasteiger partial charge in [-0.25, -0.2) is 9.50 Å². The van der Waals surface area contributed by atoms with Crippen LogP contribution in [0.15, 0.2) is 24.5 Å². The van der Waals surface area contributed by atoms with Crippen LogP contribution in [0, 0.1) is 5.95 Å². The maximum absolute atomic E-state index is 14.1. The van der Waals surface area contributed by atoms with Gasteiger partial charge in [0.1, 0.15) is 6.10 Å². The predicted molar refractivity (Wildman–Crippen MR) is 98.3 cm³/mol. The minimum Gasteiger partial charge on any atom is -0.472 e. The molecular weight excluding hydrogens is 371 g/mol. The van der Waals surface area contributed by atoms with Crippen molar-refractivity contribution >= 4 is 28.0 Å². The number of fused-ring (bicyclic) bond motifs is 1. The van der Waals surface area contributed by atoms with Crippen molar-refractivity contribution in [2.45, 2.75) is 39.0 Å². The molecule has 3 aromatic heterocycles. The average molecular weight is 390 g/mol. The number of likely N-dealkylation sites (tertiary alicyclic amines) is 1. The Morgan fingerprint density at radius 1 is 1.48 bits per heavy atom. The molecule has 4 heterocycles. The van der Waals surface area contributed by atoms with Crippen molar-refractivity contribution in [3.8, 4) is 5.88 Å². The van der Waals surface area contributed by atoms with Crippen LogP contribution in [0.5, 0.6) is 5.88 Å². The van der Waals surface area contributed by atoms with Crippen LogP contribution >= 0.6 is 11.3 Å². The molecule has 2 atom stereocenters. The number of hydrogen-bond donors (Lipinski definition) is 1. The summed E-state index contributed by atoms with van der Waals surface area (Å²) in [6, 6.07) is 3.89. The van der Waals surface area contributed by atoms with E-state index in [1.165, 1.54) is 6.92 Å². The molecule has 1 amide bonds. The zero-order valence-electron chi connectivity index (χ0n) is 14.9. The fraction of sp³-hybridized carbons (Fsp3) is 0.412. The molecular formula is C17H19FN6O2S. The maximum Gasteiger partial charge on any atom is 0.232 e. The second-order valence-corrected chi connectivity index (χ2v) is 7.65. The van der Waals surface area contributed by atoms with Gasteiger partial charge < -0.3 is 10.1 Å². The fourth-order valence-electron chi connectivity index (χ4n) is 3.20. The normalized spacial score (nSPS) is 20.3. The number of hydrogen-bond acceptors (Lipinski definition) is 7. The Bertz CT molecular complexity index is 973. The summed E-state index contributed by atoms with van der Waals surface area (Å²) in [7, 11) is 0. The number of thiazole rings is 1. The number of imidazole rings is 1. The highest BCUT2D eigenvalue weighted by Crippen LogP contribution is 2.28. The number of carbonyl (C=O) groups excluding carboxylic acids is 1. The molecule has 1 aliphatic heterocycles. The van der Waals surface area contributed by atoms with Crippen LogP contribution in [0.3, 0.4) is 0 Å². The first-order valence-electron chi connectivity index (χ1n) is 8.62. The second-order valence-electron chi connectivity index (χ2n) is 6.57. The van der Waals surface area contributed by atoms with Gasteiger partial charge >= 0.3 is 0 Å². The van der Waals surface area contributed by atoms with Crippen LogP contribution in [0.4, 0.5) is 9.52 Å². The SMILES string of the molecule is CC(=O)Nc1nc(F)c(CN2CC(Oc3ccc4nccn4n3)CC2C)s1. The van der Waals surface area contributed by atoms with E-state index >= 15 is 0 Å².